The van der Waals surface area contributed by atoms with Crippen LogP contribution in [0.15, 0.2) is 60.8 Å². The van der Waals surface area contributed by atoms with Gasteiger partial charge in [-0.15, -0.1) is 0 Å². The summed E-state index contributed by atoms with van der Waals surface area (Å²) in [5, 5.41) is 8.73. The molecule has 0 aliphatic carbocycles. The topological polar surface area (TPSA) is 65.1 Å². The molecule has 1 aliphatic rings. The maximum absolute atomic E-state index is 12.9. The maximum Gasteiger partial charge on any atom is 0.227 e. The van der Waals surface area contributed by atoms with Gasteiger partial charge in [-0.2, -0.15) is 5.10 Å². The summed E-state index contributed by atoms with van der Waals surface area (Å²) in [5.74, 6) is 0.156. The van der Waals surface area contributed by atoms with E-state index in [1.807, 2.05) is 55.5 Å². The molecule has 0 fully saturated rings. The summed E-state index contributed by atoms with van der Waals surface area (Å²) < 4.78 is 0. The number of carbonyl (C=O) groups excluding carboxylic acids is 1. The number of hydrogen-bond donors (Lipinski definition) is 1. The van der Waals surface area contributed by atoms with Crippen LogP contribution in [0.2, 0.25) is 0 Å². The number of fused-ring (bicyclic) bond motifs is 3. The van der Waals surface area contributed by atoms with Crippen LogP contribution in [0.4, 0.5) is 5.69 Å². The molecule has 0 unspecified atom stereocenters. The van der Waals surface area contributed by atoms with Crippen LogP contribution in [0.3, 0.4) is 0 Å². The molecule has 1 amide bonds. The summed E-state index contributed by atoms with van der Waals surface area (Å²) in [6.07, 6.45) is 3.11. The second-order valence-electron chi connectivity index (χ2n) is 8.23. The van der Waals surface area contributed by atoms with Gasteiger partial charge in [0.15, 0.2) is 5.65 Å². The minimum atomic E-state index is 0.156. The fraction of sp³-hybridized carbons (Fsp3) is 0.240. The highest BCUT2D eigenvalue weighted by molar-refractivity contribution is 5.95. The fourth-order valence-corrected chi connectivity index (χ4v) is 4.29. The van der Waals surface area contributed by atoms with Crippen LogP contribution in [0.5, 0.6) is 0 Å². The molecular weight excluding hydrogens is 386 g/mol. The molecule has 0 atom stereocenters. The van der Waals surface area contributed by atoms with Crippen LogP contribution in [0.1, 0.15) is 16.7 Å². The number of anilines is 1. The summed E-state index contributed by atoms with van der Waals surface area (Å²) in [6.45, 7) is 1.30. The van der Waals surface area contributed by atoms with Gasteiger partial charge < -0.3 is 9.80 Å². The smallest absolute Gasteiger partial charge is 0.227 e. The second-order valence-corrected chi connectivity index (χ2v) is 8.23. The lowest BCUT2D eigenvalue weighted by Gasteiger charge is -2.29. The molecule has 156 valence electrons. The van der Waals surface area contributed by atoms with Crippen LogP contribution >= 0.6 is 0 Å². The molecular formula is C25H25N5O. The molecule has 0 saturated carbocycles. The summed E-state index contributed by atoms with van der Waals surface area (Å²) >= 11 is 0. The molecule has 2 aromatic carbocycles. The highest BCUT2D eigenvalue weighted by Crippen LogP contribution is 2.33. The van der Waals surface area contributed by atoms with E-state index in [1.54, 1.807) is 0 Å². The molecule has 0 spiro atoms. The van der Waals surface area contributed by atoms with Gasteiger partial charge in [-0.25, -0.2) is 4.98 Å². The van der Waals surface area contributed by atoms with Gasteiger partial charge in [0, 0.05) is 44.6 Å². The zero-order valence-electron chi connectivity index (χ0n) is 17.8. The van der Waals surface area contributed by atoms with Gasteiger partial charge in [0.25, 0.3) is 0 Å². The molecule has 1 aliphatic heterocycles. The SMILES string of the molecule is CN(C)c1cccc(-c2[nH]nc3ncc4c(c23)CCN(C(=O)Cc2ccccc2)C4)c1. The number of carbonyl (C=O) groups is 1. The molecule has 3 heterocycles. The molecule has 31 heavy (non-hydrogen) atoms. The van der Waals surface area contributed by atoms with E-state index in [9.17, 15) is 4.79 Å². The normalized spacial score (nSPS) is 13.3. The Labute approximate surface area is 181 Å². The largest absolute Gasteiger partial charge is 0.378 e. The van der Waals surface area contributed by atoms with E-state index in [0.717, 1.165) is 45.5 Å². The number of aromatic nitrogens is 3. The van der Waals surface area contributed by atoms with E-state index in [4.69, 9.17) is 0 Å². The van der Waals surface area contributed by atoms with Crippen molar-refractivity contribution in [2.75, 3.05) is 25.5 Å². The Balaban J connectivity index is 1.47. The lowest BCUT2D eigenvalue weighted by Crippen LogP contribution is -2.37. The van der Waals surface area contributed by atoms with Crippen molar-refractivity contribution in [1.29, 1.82) is 0 Å². The predicted octanol–water partition coefficient (Wildman–Crippen LogP) is 3.82. The van der Waals surface area contributed by atoms with Crippen LogP contribution in [0.25, 0.3) is 22.3 Å². The molecule has 1 N–H and O–H groups in total. The monoisotopic (exact) mass is 411 g/mol. The first kappa shape index (κ1) is 19.3. The number of pyridine rings is 1. The van der Waals surface area contributed by atoms with Crippen molar-refractivity contribution in [1.82, 2.24) is 20.1 Å². The summed E-state index contributed by atoms with van der Waals surface area (Å²) in [6, 6.07) is 18.3. The molecule has 2 aromatic heterocycles. The average molecular weight is 412 g/mol. The Morgan fingerprint density at radius 2 is 1.97 bits per heavy atom. The van der Waals surface area contributed by atoms with E-state index in [2.05, 4.69) is 44.3 Å². The van der Waals surface area contributed by atoms with Gasteiger partial charge >= 0.3 is 0 Å². The molecule has 5 rings (SSSR count). The first-order valence-corrected chi connectivity index (χ1v) is 10.5. The zero-order valence-corrected chi connectivity index (χ0v) is 17.8. The summed E-state index contributed by atoms with van der Waals surface area (Å²) in [5.41, 5.74) is 7.34. The number of nitrogens with one attached hydrogen (secondary N) is 1. The highest BCUT2D eigenvalue weighted by Gasteiger charge is 2.25. The number of rotatable bonds is 4. The van der Waals surface area contributed by atoms with Crippen molar-refractivity contribution in [2.24, 2.45) is 0 Å². The standard InChI is InChI=1S/C25H25N5O/c1-29(2)20-10-6-9-18(14-20)24-23-21-11-12-30(16-19(21)15-26-25(23)28-27-24)22(31)13-17-7-4-3-5-8-17/h3-10,14-15H,11-13,16H2,1-2H3,(H,26,27,28). The number of H-pyrrole nitrogens is 1. The summed E-state index contributed by atoms with van der Waals surface area (Å²) in [4.78, 5) is 21.5. The number of aromatic amines is 1. The van der Waals surface area contributed by atoms with E-state index in [0.29, 0.717) is 19.5 Å². The molecule has 6 heteroatoms. The first-order valence-electron chi connectivity index (χ1n) is 10.5. The Kier molecular flexibility index (Phi) is 4.90. The molecule has 4 aromatic rings. The molecule has 6 nitrogen and oxygen atoms in total. The van der Waals surface area contributed by atoms with E-state index in [-0.39, 0.29) is 5.91 Å². The van der Waals surface area contributed by atoms with Crippen molar-refractivity contribution < 1.29 is 4.79 Å². The van der Waals surface area contributed by atoms with Crippen molar-refractivity contribution in [3.05, 3.63) is 77.5 Å². The van der Waals surface area contributed by atoms with Gasteiger partial charge in [0.2, 0.25) is 5.91 Å². The van der Waals surface area contributed by atoms with E-state index < -0.39 is 0 Å². The van der Waals surface area contributed by atoms with Crippen LogP contribution < -0.4 is 4.90 Å². The first-order chi connectivity index (χ1) is 15.1. The minimum Gasteiger partial charge on any atom is -0.378 e. The Hall–Kier alpha value is -3.67. The fourth-order valence-electron chi connectivity index (χ4n) is 4.29. The van der Waals surface area contributed by atoms with Crippen LogP contribution in [0, 0.1) is 0 Å². The molecule has 0 bridgehead atoms. The van der Waals surface area contributed by atoms with Gasteiger partial charge in [0.1, 0.15) is 0 Å². The third-order valence-electron chi connectivity index (χ3n) is 5.97. The van der Waals surface area contributed by atoms with Crippen molar-refractivity contribution in [3.8, 4) is 11.3 Å². The van der Waals surface area contributed by atoms with Gasteiger partial charge in [0.05, 0.1) is 17.5 Å². The number of hydrogen-bond acceptors (Lipinski definition) is 4. The number of benzene rings is 2. The quantitative estimate of drug-likeness (QED) is 0.555. The van der Waals surface area contributed by atoms with Gasteiger partial charge in [-0.3, -0.25) is 9.89 Å². The average Bonchev–Trinajstić information content (AvgIpc) is 3.24. The van der Waals surface area contributed by atoms with Crippen molar-refractivity contribution in [3.63, 3.8) is 0 Å². The molecule has 0 saturated heterocycles. The van der Waals surface area contributed by atoms with Crippen molar-refractivity contribution in [2.45, 2.75) is 19.4 Å². The second kappa shape index (κ2) is 7.87. The van der Waals surface area contributed by atoms with E-state index in [1.165, 1.54) is 5.56 Å². The zero-order chi connectivity index (χ0) is 21.4. The Morgan fingerprint density at radius 3 is 2.77 bits per heavy atom. The Morgan fingerprint density at radius 1 is 1.13 bits per heavy atom. The molecule has 0 radical (unpaired) electrons. The number of nitrogens with zero attached hydrogens (tertiary/aromatic N) is 4. The van der Waals surface area contributed by atoms with E-state index >= 15 is 0 Å². The summed E-state index contributed by atoms with van der Waals surface area (Å²) in [7, 11) is 4.07. The lowest BCUT2D eigenvalue weighted by atomic mass is 9.95. The maximum atomic E-state index is 12.9. The van der Waals surface area contributed by atoms with Crippen molar-refractivity contribution >= 4 is 22.6 Å². The van der Waals surface area contributed by atoms with Crippen LogP contribution in [-0.2, 0) is 24.2 Å². The van der Waals surface area contributed by atoms with Gasteiger partial charge in [-0.1, -0.05) is 42.5 Å². The number of amides is 1. The third kappa shape index (κ3) is 3.65. The lowest BCUT2D eigenvalue weighted by molar-refractivity contribution is -0.131. The Bertz CT molecular complexity index is 1250. The van der Waals surface area contributed by atoms with Gasteiger partial charge in [-0.05, 0) is 35.2 Å². The minimum absolute atomic E-state index is 0.156. The highest BCUT2D eigenvalue weighted by atomic mass is 16.2. The van der Waals surface area contributed by atoms with Crippen LogP contribution in [-0.4, -0.2) is 46.6 Å². The predicted molar refractivity (Wildman–Crippen MR) is 123 cm³/mol. The third-order valence-corrected chi connectivity index (χ3v) is 5.97.